The number of carbonyl (C=O) groups excluding carboxylic acids is 2. The molecule has 0 aliphatic carbocycles. The van der Waals surface area contributed by atoms with Crippen molar-refractivity contribution in [3.63, 3.8) is 0 Å². The number of rotatable bonds is 6. The monoisotopic (exact) mass is 475 g/mol. The van der Waals surface area contributed by atoms with Crippen LogP contribution < -0.4 is 16.4 Å². The Morgan fingerprint density at radius 3 is 2.53 bits per heavy atom. The summed E-state index contributed by atoms with van der Waals surface area (Å²) in [4.78, 5) is 31.5. The number of likely N-dealkylation sites (N-methyl/N-ethyl adjacent to an activating group) is 1. The van der Waals surface area contributed by atoms with Gasteiger partial charge in [-0.05, 0) is 48.5 Å². The maximum Gasteiger partial charge on any atom is 0.248 e. The predicted molar refractivity (Wildman–Crippen MR) is 137 cm³/mol. The van der Waals surface area contributed by atoms with Crippen molar-refractivity contribution in [3.8, 4) is 0 Å². The summed E-state index contributed by atoms with van der Waals surface area (Å²) < 4.78 is 0. The van der Waals surface area contributed by atoms with Crippen LogP contribution in [0.25, 0.3) is 6.08 Å². The molecular formula is C26H26ClN5O2. The Kier molecular flexibility index (Phi) is 7.25. The van der Waals surface area contributed by atoms with E-state index in [1.807, 2.05) is 43.4 Å². The lowest BCUT2D eigenvalue weighted by Gasteiger charge is -2.18. The SMILES string of the molecule is CN1CC(C(=O)Nc2ccc(Cl)cn2)C(c2ccc(/C=C/C(=O)Nc3ccccc3N)cc2)C1. The Labute approximate surface area is 203 Å². The summed E-state index contributed by atoms with van der Waals surface area (Å²) in [7, 11) is 2.01. The van der Waals surface area contributed by atoms with Crippen LogP contribution in [-0.2, 0) is 9.59 Å². The van der Waals surface area contributed by atoms with Gasteiger partial charge in [-0.2, -0.15) is 0 Å². The highest BCUT2D eigenvalue weighted by Gasteiger charge is 2.37. The topological polar surface area (TPSA) is 100 Å². The molecule has 2 amide bonds. The fourth-order valence-corrected chi connectivity index (χ4v) is 4.20. The number of halogens is 1. The molecule has 4 rings (SSSR count). The Hall–Kier alpha value is -3.68. The molecule has 2 aromatic carbocycles. The van der Waals surface area contributed by atoms with Crippen LogP contribution in [0, 0.1) is 5.92 Å². The summed E-state index contributed by atoms with van der Waals surface area (Å²) in [6.07, 6.45) is 4.73. The highest BCUT2D eigenvalue weighted by molar-refractivity contribution is 6.30. The molecule has 1 aliphatic heterocycles. The average molecular weight is 476 g/mol. The van der Waals surface area contributed by atoms with Gasteiger partial charge in [-0.1, -0.05) is 48.0 Å². The normalized spacial score (nSPS) is 18.2. The van der Waals surface area contributed by atoms with Gasteiger partial charge in [0.25, 0.3) is 0 Å². The second kappa shape index (κ2) is 10.5. The fourth-order valence-electron chi connectivity index (χ4n) is 4.08. The number of hydrogen-bond acceptors (Lipinski definition) is 5. The number of aromatic nitrogens is 1. The highest BCUT2D eigenvalue weighted by Crippen LogP contribution is 2.33. The number of para-hydroxylation sites is 2. The molecule has 0 bridgehead atoms. The zero-order valence-corrected chi connectivity index (χ0v) is 19.5. The molecule has 3 aromatic rings. The van der Waals surface area contributed by atoms with E-state index in [1.54, 1.807) is 30.3 Å². The summed E-state index contributed by atoms with van der Waals surface area (Å²) in [5, 5.41) is 6.19. The molecule has 2 heterocycles. The molecule has 7 nitrogen and oxygen atoms in total. The third-order valence-corrected chi connectivity index (χ3v) is 6.05. The number of amides is 2. The lowest BCUT2D eigenvalue weighted by atomic mass is 9.88. The molecule has 8 heteroatoms. The van der Waals surface area contributed by atoms with E-state index in [2.05, 4.69) is 20.5 Å². The Morgan fingerprint density at radius 1 is 1.06 bits per heavy atom. The van der Waals surface area contributed by atoms with Crippen LogP contribution in [0.1, 0.15) is 17.0 Å². The minimum Gasteiger partial charge on any atom is -0.397 e. The molecule has 2 unspecified atom stereocenters. The first-order chi connectivity index (χ1) is 16.4. The Bertz CT molecular complexity index is 1190. The van der Waals surface area contributed by atoms with Crippen molar-refractivity contribution in [3.05, 3.63) is 89.1 Å². The van der Waals surface area contributed by atoms with Gasteiger partial charge in [0, 0.05) is 31.3 Å². The van der Waals surface area contributed by atoms with Gasteiger partial charge < -0.3 is 21.3 Å². The van der Waals surface area contributed by atoms with E-state index in [4.69, 9.17) is 17.3 Å². The number of nitrogen functional groups attached to an aromatic ring is 1. The van der Waals surface area contributed by atoms with Crippen LogP contribution >= 0.6 is 11.6 Å². The van der Waals surface area contributed by atoms with Crippen molar-refractivity contribution in [1.29, 1.82) is 0 Å². The maximum atomic E-state index is 13.0. The van der Waals surface area contributed by atoms with Crippen molar-refractivity contribution in [2.24, 2.45) is 5.92 Å². The van der Waals surface area contributed by atoms with Crippen LogP contribution in [0.2, 0.25) is 5.02 Å². The summed E-state index contributed by atoms with van der Waals surface area (Å²) in [6, 6.07) is 18.4. The van der Waals surface area contributed by atoms with Crippen LogP contribution in [-0.4, -0.2) is 41.8 Å². The van der Waals surface area contributed by atoms with Crippen molar-refractivity contribution >= 4 is 46.7 Å². The van der Waals surface area contributed by atoms with Crippen LogP contribution in [0.4, 0.5) is 17.2 Å². The van der Waals surface area contributed by atoms with Gasteiger partial charge in [0.15, 0.2) is 0 Å². The van der Waals surface area contributed by atoms with Crippen molar-refractivity contribution < 1.29 is 9.59 Å². The van der Waals surface area contributed by atoms with Crippen LogP contribution in [0.5, 0.6) is 0 Å². The molecule has 1 aromatic heterocycles. The highest BCUT2D eigenvalue weighted by atomic mass is 35.5. The summed E-state index contributed by atoms with van der Waals surface area (Å²) in [5.74, 6) is 0.0151. The molecule has 0 spiro atoms. The van der Waals surface area contributed by atoms with E-state index in [9.17, 15) is 9.59 Å². The number of pyridine rings is 1. The summed E-state index contributed by atoms with van der Waals surface area (Å²) in [5.41, 5.74) is 8.92. The van der Waals surface area contributed by atoms with E-state index >= 15 is 0 Å². The molecule has 0 radical (unpaired) electrons. The van der Waals surface area contributed by atoms with Crippen molar-refractivity contribution in [2.45, 2.75) is 5.92 Å². The molecule has 4 N–H and O–H groups in total. The Morgan fingerprint density at radius 2 is 1.82 bits per heavy atom. The van der Waals surface area contributed by atoms with Gasteiger partial charge in [-0.25, -0.2) is 4.98 Å². The molecule has 1 saturated heterocycles. The van der Waals surface area contributed by atoms with Gasteiger partial charge in [0.2, 0.25) is 11.8 Å². The lowest BCUT2D eigenvalue weighted by Crippen LogP contribution is -2.28. The van der Waals surface area contributed by atoms with Gasteiger partial charge >= 0.3 is 0 Å². The number of anilines is 3. The van der Waals surface area contributed by atoms with Crippen molar-refractivity contribution in [2.75, 3.05) is 36.5 Å². The first-order valence-corrected chi connectivity index (χ1v) is 11.3. The summed E-state index contributed by atoms with van der Waals surface area (Å²) >= 11 is 5.88. The van der Waals surface area contributed by atoms with Crippen molar-refractivity contribution in [1.82, 2.24) is 9.88 Å². The zero-order valence-electron chi connectivity index (χ0n) is 18.7. The number of benzene rings is 2. The molecule has 1 fully saturated rings. The van der Waals surface area contributed by atoms with E-state index in [1.165, 1.54) is 12.3 Å². The number of likely N-dealkylation sites (tertiary alicyclic amines) is 1. The number of nitrogens with two attached hydrogens (primary N) is 1. The summed E-state index contributed by atoms with van der Waals surface area (Å²) in [6.45, 7) is 1.44. The maximum absolute atomic E-state index is 13.0. The van der Waals surface area contributed by atoms with E-state index < -0.39 is 0 Å². The standard InChI is InChI=1S/C26H26ClN5O2/c1-32-15-20(21(16-32)26(34)31-24-12-11-19(27)14-29-24)18-9-6-17(7-10-18)8-13-25(33)30-23-5-3-2-4-22(23)28/h2-14,20-21H,15-16,28H2,1H3,(H,30,33)(H,29,31,34)/b13-8+. The quantitative estimate of drug-likeness (QED) is 0.365. The zero-order chi connectivity index (χ0) is 24.1. The van der Waals surface area contributed by atoms with Gasteiger partial charge in [-0.15, -0.1) is 0 Å². The lowest BCUT2D eigenvalue weighted by molar-refractivity contribution is -0.120. The number of nitrogens with zero attached hydrogens (tertiary/aromatic N) is 2. The molecular weight excluding hydrogens is 450 g/mol. The molecule has 34 heavy (non-hydrogen) atoms. The van der Waals surface area contributed by atoms with Crippen LogP contribution in [0.3, 0.4) is 0 Å². The molecule has 174 valence electrons. The van der Waals surface area contributed by atoms with Crippen LogP contribution in [0.15, 0.2) is 72.9 Å². The predicted octanol–water partition coefficient (Wildman–Crippen LogP) is 4.25. The average Bonchev–Trinajstić information content (AvgIpc) is 3.23. The second-order valence-corrected chi connectivity index (χ2v) is 8.80. The number of nitrogens with one attached hydrogen (secondary N) is 2. The molecule has 1 aliphatic rings. The second-order valence-electron chi connectivity index (χ2n) is 8.36. The molecule has 0 saturated carbocycles. The third kappa shape index (κ3) is 5.81. The first-order valence-electron chi connectivity index (χ1n) is 10.9. The largest absolute Gasteiger partial charge is 0.397 e. The van der Waals surface area contributed by atoms with E-state index in [0.29, 0.717) is 28.8 Å². The number of carbonyl (C=O) groups is 2. The third-order valence-electron chi connectivity index (χ3n) is 5.83. The first kappa shape index (κ1) is 23.5. The molecule has 2 atom stereocenters. The van der Waals surface area contributed by atoms with Gasteiger partial charge in [0.05, 0.1) is 22.3 Å². The van der Waals surface area contributed by atoms with E-state index in [-0.39, 0.29) is 23.7 Å². The number of hydrogen-bond donors (Lipinski definition) is 3. The minimum absolute atomic E-state index is 0.0553. The van der Waals surface area contributed by atoms with Gasteiger partial charge in [-0.3, -0.25) is 9.59 Å². The fraction of sp³-hybridized carbons (Fsp3) is 0.192. The van der Waals surface area contributed by atoms with Gasteiger partial charge in [0.1, 0.15) is 5.82 Å². The smallest absolute Gasteiger partial charge is 0.248 e. The Balaban J connectivity index is 1.40. The minimum atomic E-state index is -0.257. The van der Waals surface area contributed by atoms with E-state index in [0.717, 1.165) is 17.7 Å².